The normalized spacial score (nSPS) is 28.6. The monoisotopic (exact) mass is 385 g/mol. The number of aliphatic hydroxyl groups excluding tert-OH is 1. The van der Waals surface area contributed by atoms with Gasteiger partial charge in [-0.05, 0) is 58.7 Å². The number of rotatable bonds is 1. The van der Waals surface area contributed by atoms with E-state index in [-0.39, 0.29) is 17.4 Å². The van der Waals surface area contributed by atoms with Crippen molar-refractivity contribution in [2.24, 2.45) is 0 Å². The van der Waals surface area contributed by atoms with Crippen LogP contribution in [0.5, 0.6) is 0 Å². The molecule has 4 heteroatoms. The number of carbonyl (C=O) groups is 1. The minimum Gasteiger partial charge on any atom is -0.390 e. The molecule has 108 valence electrons. The third-order valence-corrected chi connectivity index (χ3v) is 5.43. The van der Waals surface area contributed by atoms with Gasteiger partial charge in [0.1, 0.15) is 0 Å². The van der Waals surface area contributed by atoms with Crippen LogP contribution in [0.3, 0.4) is 0 Å². The van der Waals surface area contributed by atoms with Crippen LogP contribution < -0.4 is 0 Å². The van der Waals surface area contributed by atoms with Crippen molar-refractivity contribution in [2.75, 3.05) is 6.54 Å². The summed E-state index contributed by atoms with van der Waals surface area (Å²) < 4.78 is 1.15. The van der Waals surface area contributed by atoms with E-state index >= 15 is 0 Å². The maximum atomic E-state index is 12.2. The highest BCUT2D eigenvalue weighted by Gasteiger charge is 2.49. The zero-order valence-electron chi connectivity index (χ0n) is 11.9. The van der Waals surface area contributed by atoms with Crippen molar-refractivity contribution in [3.8, 4) is 0 Å². The van der Waals surface area contributed by atoms with E-state index in [4.69, 9.17) is 0 Å². The average Bonchev–Trinajstić information content (AvgIpc) is 2.59. The Labute approximate surface area is 133 Å². The first-order valence-electron chi connectivity index (χ1n) is 7.20. The van der Waals surface area contributed by atoms with Crippen LogP contribution in [0.2, 0.25) is 0 Å². The van der Waals surface area contributed by atoms with Crippen LogP contribution in [0.4, 0.5) is 0 Å². The largest absolute Gasteiger partial charge is 0.390 e. The fraction of sp³-hybridized carbons (Fsp3) is 0.562. The van der Waals surface area contributed by atoms with Gasteiger partial charge in [-0.1, -0.05) is 19.9 Å². The smallest absolute Gasteiger partial charge is 0.223 e. The molecule has 1 aromatic rings. The predicted molar refractivity (Wildman–Crippen MR) is 86.5 cm³/mol. The van der Waals surface area contributed by atoms with E-state index in [2.05, 4.69) is 54.6 Å². The Morgan fingerprint density at radius 3 is 2.80 bits per heavy atom. The Morgan fingerprint density at radius 1 is 1.35 bits per heavy atom. The molecule has 3 nitrogen and oxygen atoms in total. The van der Waals surface area contributed by atoms with Crippen molar-refractivity contribution in [3.05, 3.63) is 32.9 Å². The van der Waals surface area contributed by atoms with Crippen LogP contribution >= 0.6 is 22.6 Å². The molecule has 0 saturated carbocycles. The summed E-state index contributed by atoms with van der Waals surface area (Å²) in [7, 11) is 0. The van der Waals surface area contributed by atoms with Crippen molar-refractivity contribution in [1.29, 1.82) is 0 Å². The number of hydrogen-bond donors (Lipinski definition) is 1. The SMILES string of the molecule is CC1(C)c2ccc(I)cc2[C@@H](N2CCCCC2=O)[C@@H]1O. The predicted octanol–water partition coefficient (Wildman–Crippen LogP) is 3.00. The molecule has 1 fully saturated rings. The number of fused-ring (bicyclic) bond motifs is 1. The topological polar surface area (TPSA) is 40.5 Å². The zero-order valence-corrected chi connectivity index (χ0v) is 14.1. The summed E-state index contributed by atoms with van der Waals surface area (Å²) in [6, 6.07) is 6.13. The quantitative estimate of drug-likeness (QED) is 0.756. The molecule has 1 saturated heterocycles. The first kappa shape index (κ1) is 14.3. The Morgan fingerprint density at radius 2 is 2.10 bits per heavy atom. The molecule has 3 rings (SSSR count). The summed E-state index contributed by atoms with van der Waals surface area (Å²) in [5.41, 5.74) is 2.00. The molecule has 2 atom stereocenters. The third-order valence-electron chi connectivity index (χ3n) is 4.76. The minimum atomic E-state index is -0.530. The van der Waals surface area contributed by atoms with Gasteiger partial charge in [0.05, 0.1) is 12.1 Å². The molecule has 2 aliphatic rings. The second-order valence-electron chi connectivity index (χ2n) is 6.39. The van der Waals surface area contributed by atoms with E-state index in [0.717, 1.165) is 28.5 Å². The van der Waals surface area contributed by atoms with Crippen LogP contribution in [-0.4, -0.2) is 28.6 Å². The molecule has 1 aliphatic carbocycles. The molecule has 20 heavy (non-hydrogen) atoms. The van der Waals surface area contributed by atoms with Crippen LogP contribution in [-0.2, 0) is 10.2 Å². The van der Waals surface area contributed by atoms with Crippen molar-refractivity contribution in [3.63, 3.8) is 0 Å². The molecule has 1 heterocycles. The van der Waals surface area contributed by atoms with Crippen molar-refractivity contribution in [1.82, 2.24) is 4.90 Å². The first-order valence-corrected chi connectivity index (χ1v) is 8.28. The number of nitrogens with zero attached hydrogens (tertiary/aromatic N) is 1. The summed E-state index contributed by atoms with van der Waals surface area (Å²) in [4.78, 5) is 14.1. The van der Waals surface area contributed by atoms with Gasteiger partial charge < -0.3 is 10.0 Å². The Hall–Kier alpha value is -0.620. The maximum absolute atomic E-state index is 12.2. The summed E-state index contributed by atoms with van der Waals surface area (Å²) in [5, 5.41) is 10.8. The highest BCUT2D eigenvalue weighted by atomic mass is 127. The summed E-state index contributed by atoms with van der Waals surface area (Å²) in [6.07, 6.45) is 2.09. The van der Waals surface area contributed by atoms with Gasteiger partial charge in [-0.2, -0.15) is 0 Å². The van der Waals surface area contributed by atoms with Gasteiger partial charge in [-0.15, -0.1) is 0 Å². The summed E-state index contributed by atoms with van der Waals surface area (Å²) in [6.45, 7) is 4.90. The number of likely N-dealkylation sites (tertiary alicyclic amines) is 1. The highest BCUT2D eigenvalue weighted by molar-refractivity contribution is 14.1. The maximum Gasteiger partial charge on any atom is 0.223 e. The second-order valence-corrected chi connectivity index (χ2v) is 7.63. The standard InChI is InChI=1S/C16H20INO2/c1-16(2)12-7-6-10(17)9-11(12)14(15(16)20)18-8-4-3-5-13(18)19/h6-7,9,14-15,20H,3-5,8H2,1-2H3/t14-,15+/m1/s1. The van der Waals surface area contributed by atoms with Crippen LogP contribution in [0, 0.1) is 3.57 Å². The molecule has 1 amide bonds. The molecule has 0 aromatic heterocycles. The summed E-state index contributed by atoms with van der Waals surface area (Å²) >= 11 is 2.29. The Kier molecular flexibility index (Phi) is 3.57. The van der Waals surface area contributed by atoms with Gasteiger partial charge in [-0.3, -0.25) is 4.79 Å². The third kappa shape index (κ3) is 2.08. The van der Waals surface area contributed by atoms with E-state index in [1.165, 1.54) is 5.56 Å². The second kappa shape index (κ2) is 4.98. The molecule has 0 bridgehead atoms. The molecule has 0 unspecified atom stereocenters. The molecule has 1 aromatic carbocycles. The van der Waals surface area contributed by atoms with E-state index in [9.17, 15) is 9.90 Å². The number of piperidine rings is 1. The Balaban J connectivity index is 2.08. The number of benzene rings is 1. The van der Waals surface area contributed by atoms with Crippen molar-refractivity contribution >= 4 is 28.5 Å². The molecule has 0 spiro atoms. The lowest BCUT2D eigenvalue weighted by Crippen LogP contribution is -2.44. The number of amides is 1. The highest BCUT2D eigenvalue weighted by Crippen LogP contribution is 2.48. The van der Waals surface area contributed by atoms with Gasteiger partial charge in [0, 0.05) is 22.0 Å². The van der Waals surface area contributed by atoms with Gasteiger partial charge in [0.15, 0.2) is 0 Å². The lowest BCUT2D eigenvalue weighted by Gasteiger charge is -2.37. The fourth-order valence-corrected chi connectivity index (χ4v) is 4.06. The average molecular weight is 385 g/mol. The van der Waals surface area contributed by atoms with E-state index in [1.807, 2.05) is 4.90 Å². The number of carbonyl (C=O) groups excluding carboxylic acids is 1. The van der Waals surface area contributed by atoms with E-state index in [0.29, 0.717) is 6.42 Å². The van der Waals surface area contributed by atoms with Crippen molar-refractivity contribution < 1.29 is 9.90 Å². The zero-order chi connectivity index (χ0) is 14.5. The molecular weight excluding hydrogens is 365 g/mol. The fourth-order valence-electron chi connectivity index (χ4n) is 3.55. The van der Waals surface area contributed by atoms with E-state index in [1.54, 1.807) is 0 Å². The van der Waals surface area contributed by atoms with Crippen molar-refractivity contribution in [2.45, 2.75) is 50.7 Å². The van der Waals surface area contributed by atoms with Crippen LogP contribution in [0.1, 0.15) is 50.3 Å². The number of halogens is 1. The van der Waals surface area contributed by atoms with Crippen LogP contribution in [0.15, 0.2) is 18.2 Å². The molecule has 1 aliphatic heterocycles. The number of aliphatic hydroxyl groups is 1. The lowest BCUT2D eigenvalue weighted by molar-refractivity contribution is -0.139. The number of hydrogen-bond acceptors (Lipinski definition) is 2. The molecular formula is C16H20INO2. The first-order chi connectivity index (χ1) is 9.43. The Bertz CT molecular complexity index is 555. The van der Waals surface area contributed by atoms with Crippen LogP contribution in [0.25, 0.3) is 0 Å². The van der Waals surface area contributed by atoms with Gasteiger partial charge in [0.25, 0.3) is 0 Å². The molecule has 0 radical (unpaired) electrons. The van der Waals surface area contributed by atoms with Gasteiger partial charge >= 0.3 is 0 Å². The van der Waals surface area contributed by atoms with E-state index < -0.39 is 6.10 Å². The van der Waals surface area contributed by atoms with Gasteiger partial charge in [0.2, 0.25) is 5.91 Å². The molecule has 1 N–H and O–H groups in total. The minimum absolute atomic E-state index is 0.178. The summed E-state index contributed by atoms with van der Waals surface area (Å²) in [5.74, 6) is 0.183. The van der Waals surface area contributed by atoms with Gasteiger partial charge in [-0.25, -0.2) is 0 Å². The lowest BCUT2D eigenvalue weighted by atomic mass is 9.84.